The number of hydroxylamine groups is 4. The standard InChI is InChI=1S/C5H10N2O3/c1-9-6-3-4-7(10-2)5(6)8/h3-4H2,1-2H3. The fraction of sp³-hybridized carbons (Fsp3) is 0.800. The minimum absolute atomic E-state index is 0.245. The molecular formula is C5H10N2O3. The average molecular weight is 146 g/mol. The first-order valence-electron chi connectivity index (χ1n) is 2.97. The molecule has 5 nitrogen and oxygen atoms in total. The van der Waals surface area contributed by atoms with E-state index < -0.39 is 0 Å². The first-order chi connectivity index (χ1) is 4.79. The lowest BCUT2D eigenvalue weighted by Gasteiger charge is -2.13. The molecule has 1 aliphatic rings. The maximum absolute atomic E-state index is 11.0. The number of hydrogen-bond acceptors (Lipinski definition) is 3. The molecular weight excluding hydrogens is 136 g/mol. The van der Waals surface area contributed by atoms with Crippen LogP contribution in [0.3, 0.4) is 0 Å². The molecule has 1 rings (SSSR count). The van der Waals surface area contributed by atoms with Crippen molar-refractivity contribution >= 4 is 6.03 Å². The van der Waals surface area contributed by atoms with E-state index in [0.29, 0.717) is 13.1 Å². The van der Waals surface area contributed by atoms with Crippen molar-refractivity contribution in [2.75, 3.05) is 27.3 Å². The summed E-state index contributed by atoms with van der Waals surface area (Å²) < 4.78 is 0. The van der Waals surface area contributed by atoms with Gasteiger partial charge in [0, 0.05) is 0 Å². The number of urea groups is 1. The zero-order valence-electron chi connectivity index (χ0n) is 6.03. The van der Waals surface area contributed by atoms with Crippen molar-refractivity contribution in [3.05, 3.63) is 0 Å². The number of rotatable bonds is 2. The second kappa shape index (κ2) is 2.85. The highest BCUT2D eigenvalue weighted by atomic mass is 16.7. The zero-order chi connectivity index (χ0) is 7.56. The van der Waals surface area contributed by atoms with Crippen LogP contribution in [-0.4, -0.2) is 43.5 Å². The third-order valence-corrected chi connectivity index (χ3v) is 1.37. The highest BCUT2D eigenvalue weighted by Gasteiger charge is 2.28. The van der Waals surface area contributed by atoms with Crippen LogP contribution in [0.25, 0.3) is 0 Å². The molecule has 1 heterocycles. The normalized spacial score (nSPS) is 18.8. The van der Waals surface area contributed by atoms with E-state index in [9.17, 15) is 4.79 Å². The van der Waals surface area contributed by atoms with Gasteiger partial charge in [-0.2, -0.15) is 10.1 Å². The van der Waals surface area contributed by atoms with Crippen LogP contribution < -0.4 is 0 Å². The van der Waals surface area contributed by atoms with Crippen LogP contribution in [0.2, 0.25) is 0 Å². The van der Waals surface area contributed by atoms with Gasteiger partial charge in [0.25, 0.3) is 0 Å². The van der Waals surface area contributed by atoms with Crippen LogP contribution in [0, 0.1) is 0 Å². The van der Waals surface area contributed by atoms with Gasteiger partial charge in [0.15, 0.2) is 0 Å². The lowest BCUT2D eigenvalue weighted by atomic mass is 10.7. The van der Waals surface area contributed by atoms with Crippen molar-refractivity contribution in [1.82, 2.24) is 10.1 Å². The summed E-state index contributed by atoms with van der Waals surface area (Å²) in [6.07, 6.45) is 0. The number of amides is 2. The Morgan fingerprint density at radius 3 is 1.80 bits per heavy atom. The molecule has 0 aliphatic carbocycles. The molecule has 5 heteroatoms. The lowest BCUT2D eigenvalue weighted by molar-refractivity contribution is -0.102. The van der Waals surface area contributed by atoms with Gasteiger partial charge in [0.2, 0.25) is 0 Å². The Morgan fingerprint density at radius 1 is 1.20 bits per heavy atom. The molecule has 0 atom stereocenters. The number of hydrogen-bond donors (Lipinski definition) is 0. The van der Waals surface area contributed by atoms with E-state index in [0.717, 1.165) is 0 Å². The third-order valence-electron chi connectivity index (χ3n) is 1.37. The second-order valence-corrected chi connectivity index (χ2v) is 1.85. The molecule has 0 aromatic rings. The molecule has 0 spiro atoms. The number of nitrogens with zero attached hydrogens (tertiary/aromatic N) is 2. The summed E-state index contributed by atoms with van der Waals surface area (Å²) in [5, 5.41) is 2.48. The van der Waals surface area contributed by atoms with Crippen LogP contribution in [-0.2, 0) is 9.68 Å². The quantitative estimate of drug-likeness (QED) is 0.544. The van der Waals surface area contributed by atoms with Gasteiger partial charge in [-0.1, -0.05) is 0 Å². The molecule has 0 aromatic heterocycles. The summed E-state index contributed by atoms with van der Waals surface area (Å²) in [4.78, 5) is 20.4. The lowest BCUT2D eigenvalue weighted by Crippen LogP contribution is -2.30. The Hall–Kier alpha value is -0.810. The van der Waals surface area contributed by atoms with E-state index in [1.807, 2.05) is 0 Å². The van der Waals surface area contributed by atoms with Gasteiger partial charge >= 0.3 is 6.03 Å². The average Bonchev–Trinajstić information content (AvgIpc) is 2.30. The molecule has 0 saturated carbocycles. The van der Waals surface area contributed by atoms with Gasteiger partial charge in [0.1, 0.15) is 0 Å². The smallest absolute Gasteiger partial charge is 0.273 e. The first kappa shape index (κ1) is 7.30. The van der Waals surface area contributed by atoms with Crippen molar-refractivity contribution in [1.29, 1.82) is 0 Å². The summed E-state index contributed by atoms with van der Waals surface area (Å²) in [6.45, 7) is 1.12. The highest BCUT2D eigenvalue weighted by Crippen LogP contribution is 2.06. The number of carbonyl (C=O) groups excluding carboxylic acids is 1. The predicted molar refractivity (Wildman–Crippen MR) is 32.8 cm³/mol. The summed E-state index contributed by atoms with van der Waals surface area (Å²) in [5.41, 5.74) is 0. The third kappa shape index (κ3) is 1.05. The highest BCUT2D eigenvalue weighted by molar-refractivity contribution is 5.74. The van der Waals surface area contributed by atoms with Crippen LogP contribution >= 0.6 is 0 Å². The largest absolute Gasteiger partial charge is 0.367 e. The van der Waals surface area contributed by atoms with E-state index >= 15 is 0 Å². The fourth-order valence-corrected chi connectivity index (χ4v) is 0.836. The van der Waals surface area contributed by atoms with Crippen molar-refractivity contribution in [3.8, 4) is 0 Å². The first-order valence-corrected chi connectivity index (χ1v) is 2.97. The molecule has 10 heavy (non-hydrogen) atoms. The van der Waals surface area contributed by atoms with Gasteiger partial charge in [-0.3, -0.25) is 9.68 Å². The molecule has 0 radical (unpaired) electrons. The summed E-state index contributed by atoms with van der Waals surface area (Å²) in [7, 11) is 2.91. The Bertz CT molecular complexity index is 125. The van der Waals surface area contributed by atoms with Gasteiger partial charge in [-0.25, -0.2) is 4.79 Å². The van der Waals surface area contributed by atoms with Crippen molar-refractivity contribution in [2.24, 2.45) is 0 Å². The molecule has 1 aliphatic heterocycles. The van der Waals surface area contributed by atoms with Gasteiger partial charge in [-0.05, 0) is 0 Å². The molecule has 0 N–H and O–H groups in total. The van der Waals surface area contributed by atoms with E-state index in [1.54, 1.807) is 0 Å². The Labute approximate surface area is 59.0 Å². The van der Waals surface area contributed by atoms with Gasteiger partial charge in [-0.15, -0.1) is 0 Å². The van der Waals surface area contributed by atoms with Crippen molar-refractivity contribution in [3.63, 3.8) is 0 Å². The molecule has 2 amide bonds. The van der Waals surface area contributed by atoms with Crippen LogP contribution in [0.1, 0.15) is 0 Å². The maximum Gasteiger partial charge on any atom is 0.367 e. The second-order valence-electron chi connectivity index (χ2n) is 1.85. The molecule has 0 bridgehead atoms. The Balaban J connectivity index is 2.49. The topological polar surface area (TPSA) is 42.0 Å². The van der Waals surface area contributed by atoms with E-state index in [1.165, 1.54) is 24.3 Å². The summed E-state index contributed by atoms with van der Waals surface area (Å²) >= 11 is 0. The van der Waals surface area contributed by atoms with E-state index in [-0.39, 0.29) is 6.03 Å². The van der Waals surface area contributed by atoms with Crippen molar-refractivity contribution in [2.45, 2.75) is 0 Å². The van der Waals surface area contributed by atoms with Crippen LogP contribution in [0.5, 0.6) is 0 Å². The monoisotopic (exact) mass is 146 g/mol. The van der Waals surface area contributed by atoms with Gasteiger partial charge in [0.05, 0.1) is 27.3 Å². The van der Waals surface area contributed by atoms with E-state index in [2.05, 4.69) is 0 Å². The maximum atomic E-state index is 11.0. The molecule has 0 aromatic carbocycles. The SMILES string of the molecule is CON1CCN(OC)C1=O. The minimum Gasteiger partial charge on any atom is -0.273 e. The zero-order valence-corrected chi connectivity index (χ0v) is 6.03. The molecule has 58 valence electrons. The van der Waals surface area contributed by atoms with Gasteiger partial charge < -0.3 is 0 Å². The fourth-order valence-electron chi connectivity index (χ4n) is 0.836. The predicted octanol–water partition coefficient (Wildman–Crippen LogP) is -0.153. The Kier molecular flexibility index (Phi) is 2.08. The minimum atomic E-state index is -0.245. The summed E-state index contributed by atoms with van der Waals surface area (Å²) in [6, 6.07) is -0.245. The van der Waals surface area contributed by atoms with Crippen LogP contribution in [0.15, 0.2) is 0 Å². The van der Waals surface area contributed by atoms with E-state index in [4.69, 9.17) is 9.68 Å². The van der Waals surface area contributed by atoms with Crippen LogP contribution in [0.4, 0.5) is 4.79 Å². The summed E-state index contributed by atoms with van der Waals surface area (Å²) in [5.74, 6) is 0. The van der Waals surface area contributed by atoms with Crippen molar-refractivity contribution < 1.29 is 14.5 Å². The number of carbonyl (C=O) groups is 1. The molecule has 1 fully saturated rings. The molecule has 0 unspecified atom stereocenters. The molecule has 1 saturated heterocycles. The Morgan fingerprint density at radius 2 is 1.60 bits per heavy atom.